The van der Waals surface area contributed by atoms with Gasteiger partial charge in [0.25, 0.3) is 5.56 Å². The van der Waals surface area contributed by atoms with Crippen molar-refractivity contribution in [2.24, 2.45) is 0 Å². The fourth-order valence-corrected chi connectivity index (χ4v) is 4.09. The van der Waals surface area contributed by atoms with Crippen molar-refractivity contribution in [2.75, 3.05) is 11.1 Å². The van der Waals surface area contributed by atoms with Crippen LogP contribution < -0.4 is 10.9 Å². The molecule has 4 rings (SSSR count). The third-order valence-electron chi connectivity index (χ3n) is 4.84. The summed E-state index contributed by atoms with van der Waals surface area (Å²) in [6.07, 6.45) is -10.1. The summed E-state index contributed by atoms with van der Waals surface area (Å²) < 4.78 is 86.8. The Morgan fingerprint density at radius 2 is 1.78 bits per heavy atom. The van der Waals surface area contributed by atoms with E-state index in [4.69, 9.17) is 4.52 Å². The van der Waals surface area contributed by atoms with Gasteiger partial charge in [0.15, 0.2) is 11.0 Å². The maximum absolute atomic E-state index is 13.8. The van der Waals surface area contributed by atoms with Crippen LogP contribution in [0.2, 0.25) is 0 Å². The van der Waals surface area contributed by atoms with Crippen LogP contribution >= 0.6 is 11.8 Å². The normalized spacial score (nSPS) is 12.2. The number of fused-ring (bicyclic) bond motifs is 1. The fraction of sp³-hybridized carbons (Fsp3) is 0.182. The molecule has 0 unspecified atom stereocenters. The van der Waals surface area contributed by atoms with E-state index in [1.54, 1.807) is 6.92 Å². The van der Waals surface area contributed by atoms with Crippen molar-refractivity contribution < 1.29 is 35.7 Å². The van der Waals surface area contributed by atoms with E-state index in [1.807, 2.05) is 0 Å². The number of carbonyl (C=O) groups excluding carboxylic acids is 1. The van der Waals surface area contributed by atoms with Gasteiger partial charge in [-0.2, -0.15) is 26.3 Å². The summed E-state index contributed by atoms with van der Waals surface area (Å²) in [5.41, 5.74) is -4.86. The molecule has 0 aliphatic rings. The highest BCUT2D eigenvalue weighted by molar-refractivity contribution is 7.99. The summed E-state index contributed by atoms with van der Waals surface area (Å²) in [6, 6.07) is 7.87. The number of rotatable bonds is 5. The minimum atomic E-state index is -5.09. The van der Waals surface area contributed by atoms with Gasteiger partial charge in [-0.1, -0.05) is 29.1 Å². The first-order valence-electron chi connectivity index (χ1n) is 10.0. The summed E-state index contributed by atoms with van der Waals surface area (Å²) in [5, 5.41) is 5.46. The first kappa shape index (κ1) is 25.3. The molecule has 2 aromatic carbocycles. The average molecular weight is 528 g/mol. The van der Waals surface area contributed by atoms with E-state index in [-0.39, 0.29) is 34.9 Å². The lowest BCUT2D eigenvalue weighted by Gasteiger charge is -2.19. The fourth-order valence-electron chi connectivity index (χ4n) is 3.29. The number of amides is 1. The highest BCUT2D eigenvalue weighted by Crippen LogP contribution is 2.39. The van der Waals surface area contributed by atoms with Gasteiger partial charge in [0.05, 0.1) is 33.5 Å². The molecule has 1 amide bonds. The maximum Gasteiger partial charge on any atom is 0.418 e. The Balaban J connectivity index is 1.86. The first-order valence-corrected chi connectivity index (χ1v) is 11.0. The molecule has 0 bridgehead atoms. The van der Waals surface area contributed by atoms with Crippen molar-refractivity contribution in [2.45, 2.75) is 24.4 Å². The van der Waals surface area contributed by atoms with E-state index in [1.165, 1.54) is 30.3 Å². The number of nitrogens with zero attached hydrogens (tertiary/aromatic N) is 3. The van der Waals surface area contributed by atoms with Crippen LogP contribution in [0, 0.1) is 6.92 Å². The van der Waals surface area contributed by atoms with E-state index >= 15 is 0 Å². The molecule has 0 atom stereocenters. The number of alkyl halides is 6. The van der Waals surface area contributed by atoms with Crippen LogP contribution in [-0.2, 0) is 17.1 Å². The topological polar surface area (TPSA) is 90.0 Å². The molecule has 1 N–H and O–H groups in total. The van der Waals surface area contributed by atoms with E-state index in [2.05, 4.69) is 15.5 Å². The van der Waals surface area contributed by atoms with Crippen molar-refractivity contribution >= 4 is 34.4 Å². The second-order valence-electron chi connectivity index (χ2n) is 7.44. The quantitative estimate of drug-likeness (QED) is 0.211. The van der Waals surface area contributed by atoms with Crippen LogP contribution in [0.4, 0.5) is 32.2 Å². The molecule has 0 saturated heterocycles. The lowest BCUT2D eigenvalue weighted by molar-refractivity contribution is -0.141. The minimum absolute atomic E-state index is 0.0826. The van der Waals surface area contributed by atoms with Gasteiger partial charge in [-0.05, 0) is 37.3 Å². The van der Waals surface area contributed by atoms with Gasteiger partial charge in [0.2, 0.25) is 5.91 Å². The van der Waals surface area contributed by atoms with Crippen LogP contribution in [0.5, 0.6) is 0 Å². The van der Waals surface area contributed by atoms with Crippen LogP contribution in [0.1, 0.15) is 16.9 Å². The summed E-state index contributed by atoms with van der Waals surface area (Å²) in [5.74, 6) is -0.620. The van der Waals surface area contributed by atoms with Gasteiger partial charge in [0, 0.05) is 6.07 Å². The number of benzene rings is 2. The van der Waals surface area contributed by atoms with E-state index in [0.717, 1.165) is 0 Å². The zero-order chi connectivity index (χ0) is 26.3. The number of halogens is 6. The molecule has 36 heavy (non-hydrogen) atoms. The predicted octanol–water partition coefficient (Wildman–Crippen LogP) is 5.45. The van der Waals surface area contributed by atoms with Crippen molar-refractivity contribution in [1.29, 1.82) is 0 Å². The number of para-hydroxylation sites is 1. The van der Waals surface area contributed by atoms with Crippen LogP contribution in [-0.4, -0.2) is 26.4 Å². The second-order valence-corrected chi connectivity index (χ2v) is 8.38. The lowest BCUT2D eigenvalue weighted by Crippen LogP contribution is -2.26. The molecular weight excluding hydrogens is 514 g/mol. The lowest BCUT2D eigenvalue weighted by atomic mass is 10.1. The average Bonchev–Trinajstić information content (AvgIpc) is 3.20. The summed E-state index contributed by atoms with van der Waals surface area (Å²) in [7, 11) is 0. The number of aryl methyl sites for hydroxylation is 1. The van der Waals surface area contributed by atoms with Crippen molar-refractivity contribution in [3.8, 4) is 5.69 Å². The third-order valence-corrected chi connectivity index (χ3v) is 5.78. The van der Waals surface area contributed by atoms with Crippen molar-refractivity contribution in [3.05, 3.63) is 75.8 Å². The van der Waals surface area contributed by atoms with Crippen LogP contribution in [0.15, 0.2) is 63.0 Å². The predicted molar refractivity (Wildman–Crippen MR) is 118 cm³/mol. The van der Waals surface area contributed by atoms with Crippen molar-refractivity contribution in [3.63, 3.8) is 0 Å². The van der Waals surface area contributed by atoms with E-state index in [9.17, 15) is 35.9 Å². The third kappa shape index (κ3) is 5.22. The Morgan fingerprint density at radius 1 is 1.06 bits per heavy atom. The van der Waals surface area contributed by atoms with Gasteiger partial charge < -0.3 is 9.84 Å². The number of anilines is 1. The zero-order valence-corrected chi connectivity index (χ0v) is 18.9. The summed E-state index contributed by atoms with van der Waals surface area (Å²) >= 11 is 0.571. The van der Waals surface area contributed by atoms with Gasteiger partial charge in [-0.25, -0.2) is 4.98 Å². The standard InChI is InChI=1S/C22H14F6N4O3S/c1-11-8-17(31-35-11)30-18(33)10-36-20-29-15-5-3-2-4-13(15)19(34)32(20)16-9-12(21(23,24)25)6-7-14(16)22(26,27)28/h2-9H,10H2,1H3,(H,30,31,33). The molecule has 14 heteroatoms. The molecule has 0 spiro atoms. The number of hydrogen-bond donors (Lipinski definition) is 1. The van der Waals surface area contributed by atoms with Crippen LogP contribution in [0.3, 0.4) is 0 Å². The van der Waals surface area contributed by atoms with Gasteiger partial charge in [-0.3, -0.25) is 14.2 Å². The number of thioether (sulfide) groups is 1. The molecule has 0 saturated carbocycles. The molecule has 188 valence electrons. The Bertz CT molecular complexity index is 1510. The Labute approximate surface area is 202 Å². The number of carbonyl (C=O) groups is 1. The van der Waals surface area contributed by atoms with Crippen molar-refractivity contribution in [1.82, 2.24) is 14.7 Å². The highest BCUT2D eigenvalue weighted by atomic mass is 32.2. The number of aromatic nitrogens is 3. The zero-order valence-electron chi connectivity index (χ0n) is 18.1. The molecule has 2 heterocycles. The summed E-state index contributed by atoms with van der Waals surface area (Å²) in [6.45, 7) is 1.59. The molecule has 4 aromatic rings. The largest absolute Gasteiger partial charge is 0.418 e. The number of hydrogen-bond acceptors (Lipinski definition) is 6. The second kappa shape index (κ2) is 9.33. The summed E-state index contributed by atoms with van der Waals surface area (Å²) in [4.78, 5) is 29.8. The molecule has 0 aliphatic carbocycles. The highest BCUT2D eigenvalue weighted by Gasteiger charge is 2.38. The molecule has 7 nitrogen and oxygen atoms in total. The molecule has 0 radical (unpaired) electrons. The Morgan fingerprint density at radius 3 is 2.42 bits per heavy atom. The van der Waals surface area contributed by atoms with E-state index < -0.39 is 51.5 Å². The SMILES string of the molecule is Cc1cc(NC(=O)CSc2nc3ccccc3c(=O)n2-c2cc(C(F)(F)F)ccc2C(F)(F)F)no1. The smallest absolute Gasteiger partial charge is 0.360 e. The first-order chi connectivity index (χ1) is 16.8. The Hall–Kier alpha value is -3.81. The van der Waals surface area contributed by atoms with E-state index in [0.29, 0.717) is 22.1 Å². The monoisotopic (exact) mass is 528 g/mol. The molecule has 0 aliphatic heterocycles. The minimum Gasteiger partial charge on any atom is -0.360 e. The number of nitrogens with one attached hydrogen (secondary N) is 1. The Kier molecular flexibility index (Phi) is 6.56. The van der Waals surface area contributed by atoms with Crippen LogP contribution in [0.25, 0.3) is 16.6 Å². The van der Waals surface area contributed by atoms with Gasteiger partial charge >= 0.3 is 12.4 Å². The van der Waals surface area contributed by atoms with Gasteiger partial charge in [0.1, 0.15) is 5.76 Å². The maximum atomic E-state index is 13.8. The molecule has 0 fully saturated rings. The van der Waals surface area contributed by atoms with Gasteiger partial charge in [-0.15, -0.1) is 0 Å². The molecule has 2 aromatic heterocycles. The molecular formula is C22H14F6N4O3S.